The number of ether oxygens (including phenoxy) is 1. The first kappa shape index (κ1) is 19.6. The number of hydrogen-bond donors (Lipinski definition) is 0. The second-order valence-electron chi connectivity index (χ2n) is 8.46. The number of aromatic nitrogens is 2. The van der Waals surface area contributed by atoms with E-state index in [2.05, 4.69) is 26.6 Å². The first-order valence-corrected chi connectivity index (χ1v) is 10.8. The zero-order valence-corrected chi connectivity index (χ0v) is 17.3. The van der Waals surface area contributed by atoms with Gasteiger partial charge in [0.1, 0.15) is 11.6 Å². The number of amides is 1. The summed E-state index contributed by atoms with van der Waals surface area (Å²) in [5, 5.41) is 0. The van der Waals surface area contributed by atoms with Crippen LogP contribution in [0.5, 0.6) is 0 Å². The molecule has 1 atom stereocenters. The number of hydrogen-bond acceptors (Lipinski definition) is 6. The van der Waals surface area contributed by atoms with Crippen LogP contribution in [0.4, 0.5) is 5.82 Å². The maximum Gasteiger partial charge on any atom is 0.230 e. The summed E-state index contributed by atoms with van der Waals surface area (Å²) >= 11 is 0. The van der Waals surface area contributed by atoms with Crippen molar-refractivity contribution in [2.75, 3.05) is 63.9 Å². The molecule has 0 N–H and O–H groups in total. The minimum Gasteiger partial charge on any atom is -0.379 e. The van der Waals surface area contributed by atoms with Crippen molar-refractivity contribution >= 4 is 11.7 Å². The quantitative estimate of drug-likeness (QED) is 0.737. The monoisotopic (exact) mass is 387 g/mol. The molecule has 0 aromatic carbocycles. The number of morpholine rings is 1. The molecule has 4 heterocycles. The molecule has 3 aliphatic rings. The van der Waals surface area contributed by atoms with Gasteiger partial charge in [0.2, 0.25) is 5.91 Å². The van der Waals surface area contributed by atoms with Crippen LogP contribution in [0.2, 0.25) is 0 Å². The molecule has 1 spiro atoms. The predicted molar refractivity (Wildman–Crippen MR) is 108 cm³/mol. The highest BCUT2D eigenvalue weighted by molar-refractivity contribution is 5.86. The topological polar surface area (TPSA) is 61.8 Å². The van der Waals surface area contributed by atoms with Crippen molar-refractivity contribution in [3.05, 3.63) is 17.6 Å². The Bertz CT molecular complexity index is 706. The molecule has 0 radical (unpaired) electrons. The van der Waals surface area contributed by atoms with Crippen LogP contribution >= 0.6 is 0 Å². The summed E-state index contributed by atoms with van der Waals surface area (Å²) in [7, 11) is 0. The lowest BCUT2D eigenvalue weighted by Crippen LogP contribution is -2.43. The van der Waals surface area contributed by atoms with Crippen LogP contribution in [-0.4, -0.2) is 84.7 Å². The van der Waals surface area contributed by atoms with Crippen molar-refractivity contribution in [2.45, 2.75) is 39.5 Å². The fourth-order valence-electron chi connectivity index (χ4n) is 4.83. The Labute approximate surface area is 168 Å². The maximum absolute atomic E-state index is 13.3. The van der Waals surface area contributed by atoms with Gasteiger partial charge in [-0.2, -0.15) is 0 Å². The molecule has 28 heavy (non-hydrogen) atoms. The van der Waals surface area contributed by atoms with E-state index in [0.29, 0.717) is 5.91 Å². The zero-order chi connectivity index (χ0) is 19.6. The van der Waals surface area contributed by atoms with Crippen LogP contribution < -0.4 is 4.90 Å². The van der Waals surface area contributed by atoms with Gasteiger partial charge in [0.25, 0.3) is 0 Å². The number of rotatable bonds is 6. The molecule has 0 aliphatic carbocycles. The normalized spacial score (nSPS) is 26.0. The van der Waals surface area contributed by atoms with E-state index in [1.165, 1.54) is 5.56 Å². The van der Waals surface area contributed by atoms with Crippen molar-refractivity contribution in [1.29, 1.82) is 0 Å². The van der Waals surface area contributed by atoms with Gasteiger partial charge >= 0.3 is 0 Å². The van der Waals surface area contributed by atoms with Crippen LogP contribution in [0, 0.1) is 12.3 Å². The first-order valence-electron chi connectivity index (χ1n) is 10.8. The van der Waals surface area contributed by atoms with E-state index in [4.69, 9.17) is 9.72 Å². The Hall–Kier alpha value is -1.73. The van der Waals surface area contributed by atoms with E-state index in [1.807, 2.05) is 13.1 Å². The summed E-state index contributed by atoms with van der Waals surface area (Å²) in [6.07, 6.45) is 5.94. The molecule has 1 aromatic heterocycles. The molecule has 3 saturated heterocycles. The summed E-state index contributed by atoms with van der Waals surface area (Å²) in [6, 6.07) is 0. The second-order valence-corrected chi connectivity index (χ2v) is 8.46. The van der Waals surface area contributed by atoms with Crippen LogP contribution in [0.3, 0.4) is 0 Å². The molecule has 1 unspecified atom stereocenters. The van der Waals surface area contributed by atoms with E-state index in [-0.39, 0.29) is 5.41 Å². The Kier molecular flexibility index (Phi) is 5.83. The third-order valence-electron chi connectivity index (χ3n) is 6.53. The number of carbonyl (C=O) groups excluding carboxylic acids is 1. The Morgan fingerprint density at radius 2 is 1.93 bits per heavy atom. The van der Waals surface area contributed by atoms with E-state index >= 15 is 0 Å². The highest BCUT2D eigenvalue weighted by Crippen LogP contribution is 2.42. The third kappa shape index (κ3) is 3.87. The molecule has 4 rings (SSSR count). The SMILES string of the molecule is CCCc1cnc(C)nc1N1CCC2(CCN(CCN3CCOCC3)C2=O)C1. The van der Waals surface area contributed by atoms with Gasteiger partial charge in [-0.3, -0.25) is 9.69 Å². The van der Waals surface area contributed by atoms with E-state index in [0.717, 1.165) is 96.4 Å². The minimum absolute atomic E-state index is 0.215. The predicted octanol–water partition coefficient (Wildman–Crippen LogP) is 1.50. The van der Waals surface area contributed by atoms with Crippen LogP contribution in [-0.2, 0) is 16.0 Å². The van der Waals surface area contributed by atoms with Crippen molar-refractivity contribution in [3.8, 4) is 0 Å². The molecule has 7 heteroatoms. The highest BCUT2D eigenvalue weighted by Gasteiger charge is 2.51. The molecular weight excluding hydrogens is 354 g/mol. The summed E-state index contributed by atoms with van der Waals surface area (Å²) in [5.74, 6) is 2.21. The Morgan fingerprint density at radius 3 is 2.71 bits per heavy atom. The highest BCUT2D eigenvalue weighted by atomic mass is 16.5. The molecular formula is C21H33N5O2. The Morgan fingerprint density at radius 1 is 1.14 bits per heavy atom. The fourth-order valence-corrected chi connectivity index (χ4v) is 4.83. The van der Waals surface area contributed by atoms with E-state index < -0.39 is 0 Å². The summed E-state index contributed by atoms with van der Waals surface area (Å²) in [5.41, 5.74) is 0.993. The van der Waals surface area contributed by atoms with Crippen LogP contribution in [0.25, 0.3) is 0 Å². The summed E-state index contributed by atoms with van der Waals surface area (Å²) in [4.78, 5) is 29.2. The smallest absolute Gasteiger partial charge is 0.230 e. The van der Waals surface area contributed by atoms with Crippen LogP contribution in [0.1, 0.15) is 37.6 Å². The lowest BCUT2D eigenvalue weighted by molar-refractivity contribution is -0.135. The van der Waals surface area contributed by atoms with Crippen molar-refractivity contribution in [2.24, 2.45) is 5.41 Å². The van der Waals surface area contributed by atoms with Crippen molar-refractivity contribution < 1.29 is 9.53 Å². The molecule has 1 aromatic rings. The van der Waals surface area contributed by atoms with Gasteiger partial charge in [0.15, 0.2) is 0 Å². The number of carbonyl (C=O) groups is 1. The molecule has 0 saturated carbocycles. The third-order valence-corrected chi connectivity index (χ3v) is 6.53. The van der Waals surface area contributed by atoms with Gasteiger partial charge in [0, 0.05) is 57.6 Å². The second kappa shape index (κ2) is 8.33. The van der Waals surface area contributed by atoms with Gasteiger partial charge in [-0.1, -0.05) is 13.3 Å². The van der Waals surface area contributed by atoms with E-state index in [1.54, 1.807) is 0 Å². The van der Waals surface area contributed by atoms with Gasteiger partial charge in [-0.15, -0.1) is 0 Å². The average Bonchev–Trinajstić information content (AvgIpc) is 3.28. The number of aryl methyl sites for hydroxylation is 2. The van der Waals surface area contributed by atoms with E-state index in [9.17, 15) is 4.79 Å². The van der Waals surface area contributed by atoms with Gasteiger partial charge in [-0.25, -0.2) is 9.97 Å². The van der Waals surface area contributed by atoms with Gasteiger partial charge < -0.3 is 14.5 Å². The molecule has 3 aliphatic heterocycles. The fraction of sp³-hybridized carbons (Fsp3) is 0.762. The lowest BCUT2D eigenvalue weighted by Gasteiger charge is -2.29. The largest absolute Gasteiger partial charge is 0.379 e. The summed E-state index contributed by atoms with van der Waals surface area (Å²) in [6.45, 7) is 12.1. The Balaban J connectivity index is 1.40. The van der Waals surface area contributed by atoms with Gasteiger partial charge in [0.05, 0.1) is 18.6 Å². The van der Waals surface area contributed by atoms with Crippen molar-refractivity contribution in [3.63, 3.8) is 0 Å². The first-order chi connectivity index (χ1) is 13.6. The van der Waals surface area contributed by atoms with Gasteiger partial charge in [-0.05, 0) is 26.2 Å². The molecule has 154 valence electrons. The minimum atomic E-state index is -0.215. The number of nitrogens with zero attached hydrogens (tertiary/aromatic N) is 5. The maximum atomic E-state index is 13.3. The number of anilines is 1. The molecule has 7 nitrogen and oxygen atoms in total. The van der Waals surface area contributed by atoms with Crippen molar-refractivity contribution in [1.82, 2.24) is 19.8 Å². The standard InChI is InChI=1S/C21H33N5O2/c1-3-4-18-15-22-17(2)23-19(18)26-8-6-21(16-26)5-7-25(20(21)27)10-9-24-11-13-28-14-12-24/h15H,3-14,16H2,1-2H3. The molecule has 0 bridgehead atoms. The molecule has 1 amide bonds. The summed E-state index contributed by atoms with van der Waals surface area (Å²) < 4.78 is 5.42. The zero-order valence-electron chi connectivity index (χ0n) is 17.3. The van der Waals surface area contributed by atoms with Crippen LogP contribution in [0.15, 0.2) is 6.20 Å². The average molecular weight is 388 g/mol. The lowest BCUT2D eigenvalue weighted by atomic mass is 9.85. The number of likely N-dealkylation sites (tertiary alicyclic amines) is 1. The molecule has 3 fully saturated rings.